The summed E-state index contributed by atoms with van der Waals surface area (Å²) in [7, 11) is 0. The molecule has 0 radical (unpaired) electrons. The highest BCUT2D eigenvalue weighted by Gasteiger charge is 2.31. The zero-order chi connectivity index (χ0) is 21.3. The summed E-state index contributed by atoms with van der Waals surface area (Å²) in [6.07, 6.45) is -0.572. The molecule has 0 bridgehead atoms. The van der Waals surface area contributed by atoms with Crippen LogP contribution in [-0.4, -0.2) is 17.9 Å². The molecule has 1 aliphatic rings. The number of fused-ring (bicyclic) bond motifs is 1. The summed E-state index contributed by atoms with van der Waals surface area (Å²) >= 11 is 5.89. The third-order valence-electron chi connectivity index (χ3n) is 4.99. The van der Waals surface area contributed by atoms with E-state index in [1.165, 1.54) is 0 Å². The third kappa shape index (κ3) is 4.16. The first kappa shape index (κ1) is 20.0. The highest BCUT2D eigenvalue weighted by molar-refractivity contribution is 6.30. The van der Waals surface area contributed by atoms with Crippen LogP contribution in [0.5, 0.6) is 5.75 Å². The Hall–Kier alpha value is -3.31. The van der Waals surface area contributed by atoms with E-state index in [4.69, 9.17) is 16.3 Å². The van der Waals surface area contributed by atoms with Gasteiger partial charge in [-0.2, -0.15) is 0 Å². The molecule has 3 aromatic rings. The van der Waals surface area contributed by atoms with Crippen molar-refractivity contribution in [2.24, 2.45) is 0 Å². The molecule has 0 spiro atoms. The van der Waals surface area contributed by atoms with E-state index in [9.17, 15) is 9.59 Å². The number of amides is 2. The average molecular weight is 421 g/mol. The van der Waals surface area contributed by atoms with E-state index in [2.05, 4.69) is 5.32 Å². The molecule has 0 aliphatic carbocycles. The zero-order valence-corrected chi connectivity index (χ0v) is 17.4. The summed E-state index contributed by atoms with van der Waals surface area (Å²) in [5.74, 6) is 0.232. The monoisotopic (exact) mass is 420 g/mol. The quantitative estimate of drug-likeness (QED) is 0.629. The van der Waals surface area contributed by atoms with Gasteiger partial charge < -0.3 is 15.0 Å². The summed E-state index contributed by atoms with van der Waals surface area (Å²) in [5.41, 5.74) is 3.88. The molecule has 0 fully saturated rings. The Balaban J connectivity index is 1.62. The van der Waals surface area contributed by atoms with Crippen molar-refractivity contribution in [3.8, 4) is 5.75 Å². The molecule has 1 atom stereocenters. The van der Waals surface area contributed by atoms with Gasteiger partial charge in [0.25, 0.3) is 11.8 Å². The minimum Gasteiger partial charge on any atom is -0.479 e. The normalized spacial score (nSPS) is 15.4. The van der Waals surface area contributed by atoms with Crippen LogP contribution in [0.4, 0.5) is 11.4 Å². The van der Waals surface area contributed by atoms with Gasteiger partial charge in [-0.25, -0.2) is 0 Å². The Morgan fingerprint density at radius 3 is 2.47 bits per heavy atom. The second kappa shape index (κ2) is 8.20. The number of carbonyl (C=O) groups is 2. The summed E-state index contributed by atoms with van der Waals surface area (Å²) < 4.78 is 5.77. The highest BCUT2D eigenvalue weighted by Crippen LogP contribution is 2.37. The van der Waals surface area contributed by atoms with Crippen LogP contribution < -0.4 is 15.0 Å². The number of nitrogens with one attached hydrogen (secondary N) is 1. The Morgan fingerprint density at radius 2 is 1.77 bits per heavy atom. The number of nitrogens with zero attached hydrogens (tertiary/aromatic N) is 1. The number of hydrogen-bond donors (Lipinski definition) is 1. The van der Waals surface area contributed by atoms with E-state index < -0.39 is 6.10 Å². The van der Waals surface area contributed by atoms with Gasteiger partial charge in [0.05, 0.1) is 12.2 Å². The van der Waals surface area contributed by atoms with Crippen molar-refractivity contribution in [2.75, 3.05) is 10.2 Å². The first-order valence-corrected chi connectivity index (χ1v) is 10.0. The Kier molecular flexibility index (Phi) is 5.46. The maximum Gasteiger partial charge on any atom is 0.268 e. The summed E-state index contributed by atoms with van der Waals surface area (Å²) in [6, 6.07) is 20.0. The van der Waals surface area contributed by atoms with Crippen molar-refractivity contribution in [2.45, 2.75) is 26.5 Å². The first-order valence-electron chi connectivity index (χ1n) is 9.65. The molecular weight excluding hydrogens is 400 g/mol. The van der Waals surface area contributed by atoms with Gasteiger partial charge in [0, 0.05) is 16.3 Å². The Morgan fingerprint density at radius 1 is 1.07 bits per heavy atom. The van der Waals surface area contributed by atoms with Crippen LogP contribution in [0.3, 0.4) is 0 Å². The minimum atomic E-state index is -0.572. The lowest BCUT2D eigenvalue weighted by atomic mass is 10.1. The molecule has 3 aromatic carbocycles. The van der Waals surface area contributed by atoms with E-state index in [0.717, 1.165) is 11.1 Å². The molecule has 5 nitrogen and oxygen atoms in total. The maximum atomic E-state index is 12.8. The third-order valence-corrected chi connectivity index (χ3v) is 5.24. The fourth-order valence-electron chi connectivity index (χ4n) is 3.33. The number of rotatable bonds is 4. The predicted molar refractivity (Wildman–Crippen MR) is 118 cm³/mol. The van der Waals surface area contributed by atoms with Gasteiger partial charge in [-0.05, 0) is 61.9 Å². The summed E-state index contributed by atoms with van der Waals surface area (Å²) in [5, 5.41) is 3.44. The SMILES string of the molecule is Cc1ccc(CN2C(=O)C(C)Oc3ccc(NC(=O)c4ccc(Cl)cc4)cc32)cc1. The largest absolute Gasteiger partial charge is 0.479 e. The number of aryl methyl sites for hydroxylation is 1. The highest BCUT2D eigenvalue weighted by atomic mass is 35.5. The molecule has 4 rings (SSSR count). The molecule has 1 unspecified atom stereocenters. The van der Waals surface area contributed by atoms with Gasteiger partial charge in [-0.3, -0.25) is 9.59 Å². The number of benzene rings is 3. The molecule has 1 aliphatic heterocycles. The van der Waals surface area contributed by atoms with E-state index in [1.807, 2.05) is 31.2 Å². The molecule has 0 saturated heterocycles. The number of halogens is 1. The van der Waals surface area contributed by atoms with Gasteiger partial charge in [0.1, 0.15) is 5.75 Å². The molecule has 1 N–H and O–H groups in total. The molecule has 30 heavy (non-hydrogen) atoms. The van der Waals surface area contributed by atoms with Crippen LogP contribution in [0.2, 0.25) is 5.02 Å². The van der Waals surface area contributed by atoms with Gasteiger partial charge in [0.15, 0.2) is 6.10 Å². The number of hydrogen-bond acceptors (Lipinski definition) is 3. The van der Waals surface area contributed by atoms with E-state index in [-0.39, 0.29) is 11.8 Å². The first-order chi connectivity index (χ1) is 14.4. The van der Waals surface area contributed by atoms with Gasteiger partial charge in [-0.1, -0.05) is 41.4 Å². The predicted octanol–water partition coefficient (Wildman–Crippen LogP) is 5.21. The molecule has 2 amide bonds. The van der Waals surface area contributed by atoms with Crippen molar-refractivity contribution < 1.29 is 14.3 Å². The Bertz CT molecular complexity index is 1090. The molecular formula is C24H21ClN2O3. The summed E-state index contributed by atoms with van der Waals surface area (Å²) in [6.45, 7) is 4.19. The van der Waals surface area contributed by atoms with Crippen LogP contribution in [0, 0.1) is 6.92 Å². The average Bonchev–Trinajstić information content (AvgIpc) is 2.73. The molecule has 0 aromatic heterocycles. The number of anilines is 2. The van der Waals surface area contributed by atoms with Crippen LogP contribution in [0.15, 0.2) is 66.7 Å². The van der Waals surface area contributed by atoms with Crippen LogP contribution in [0.1, 0.15) is 28.4 Å². The van der Waals surface area contributed by atoms with Crippen LogP contribution in [-0.2, 0) is 11.3 Å². The second-order valence-electron chi connectivity index (χ2n) is 7.31. The lowest BCUT2D eigenvalue weighted by Crippen LogP contribution is -2.44. The van der Waals surface area contributed by atoms with Crippen molar-refractivity contribution in [3.05, 3.63) is 88.4 Å². The van der Waals surface area contributed by atoms with Gasteiger partial charge in [0.2, 0.25) is 0 Å². The van der Waals surface area contributed by atoms with Crippen molar-refractivity contribution in [1.29, 1.82) is 0 Å². The zero-order valence-electron chi connectivity index (χ0n) is 16.7. The lowest BCUT2D eigenvalue weighted by molar-refractivity contribution is -0.125. The second-order valence-corrected chi connectivity index (χ2v) is 7.75. The standard InChI is InChI=1S/C24H21ClN2O3/c1-15-3-5-17(6-4-15)14-27-21-13-20(11-12-22(21)30-16(2)24(27)29)26-23(28)18-7-9-19(25)10-8-18/h3-13,16H,14H2,1-2H3,(H,26,28). The van der Waals surface area contributed by atoms with Crippen molar-refractivity contribution >= 4 is 34.8 Å². The molecule has 0 saturated carbocycles. The Labute approximate surface area is 180 Å². The fourth-order valence-corrected chi connectivity index (χ4v) is 3.45. The molecule has 152 valence electrons. The van der Waals surface area contributed by atoms with Crippen LogP contribution in [0.25, 0.3) is 0 Å². The summed E-state index contributed by atoms with van der Waals surface area (Å²) in [4.78, 5) is 27.1. The molecule has 6 heteroatoms. The lowest BCUT2D eigenvalue weighted by Gasteiger charge is -2.33. The van der Waals surface area contributed by atoms with Crippen molar-refractivity contribution in [3.63, 3.8) is 0 Å². The van der Waals surface area contributed by atoms with E-state index >= 15 is 0 Å². The van der Waals surface area contributed by atoms with Gasteiger partial charge in [-0.15, -0.1) is 0 Å². The van der Waals surface area contributed by atoms with Gasteiger partial charge >= 0.3 is 0 Å². The van der Waals surface area contributed by atoms with E-state index in [1.54, 1.807) is 54.3 Å². The minimum absolute atomic E-state index is 0.121. The van der Waals surface area contributed by atoms with Crippen molar-refractivity contribution in [1.82, 2.24) is 0 Å². The number of carbonyl (C=O) groups excluding carboxylic acids is 2. The maximum absolute atomic E-state index is 12.8. The van der Waals surface area contributed by atoms with Crippen LogP contribution >= 0.6 is 11.6 Å². The fraction of sp³-hybridized carbons (Fsp3) is 0.167. The molecule has 1 heterocycles. The smallest absolute Gasteiger partial charge is 0.268 e. The van der Waals surface area contributed by atoms with E-state index in [0.29, 0.717) is 34.3 Å². The number of ether oxygens (including phenoxy) is 1. The topological polar surface area (TPSA) is 58.6 Å².